The quantitative estimate of drug-likeness (QED) is 0.337. The van der Waals surface area contributed by atoms with Crippen LogP contribution < -0.4 is 0 Å². The minimum Gasteiger partial charge on any atom is -0.477 e. The molecule has 1 N–H and O–H groups in total. The Labute approximate surface area is 94.2 Å². The third-order valence-corrected chi connectivity index (χ3v) is 1.26. The number of rotatable bonds is 5. The second-order valence-electron chi connectivity index (χ2n) is 2.17. The summed E-state index contributed by atoms with van der Waals surface area (Å²) in [6, 6.07) is 0. The van der Waals surface area contributed by atoms with Crippen molar-refractivity contribution in [3.05, 3.63) is 58.8 Å². The van der Waals surface area contributed by atoms with Crippen LogP contribution in [0.15, 0.2) is 48.7 Å². The number of carbonyl (C=O) groups is 1. The van der Waals surface area contributed by atoms with Crippen LogP contribution >= 0.6 is 0 Å². The highest BCUT2D eigenvalue weighted by Gasteiger charge is 2.22. The summed E-state index contributed by atoms with van der Waals surface area (Å²) in [5.74, 6) is -1.38. The van der Waals surface area contributed by atoms with Crippen LogP contribution in [0.1, 0.15) is 13.8 Å². The first-order valence-corrected chi connectivity index (χ1v) is 4.58. The molecule has 0 saturated heterocycles. The van der Waals surface area contributed by atoms with Gasteiger partial charge in [0, 0.05) is 6.08 Å². The molecule has 0 radical (unpaired) electrons. The molecule has 16 heavy (non-hydrogen) atoms. The first kappa shape index (κ1) is 16.3. The summed E-state index contributed by atoms with van der Waals surface area (Å²) in [5.41, 5.74) is -0.947. The van der Waals surface area contributed by atoms with Gasteiger partial charge in [-0.05, 0) is 6.08 Å². The topological polar surface area (TPSA) is 80.4 Å². The lowest BCUT2D eigenvalue weighted by atomic mass is 10.1. The SMILES string of the molecule is C=C/C=C(C(=O)O)\C(=C/C=C)[N+](=O)[O-].CC. The molecule has 0 saturated carbocycles. The molecule has 0 aliphatic rings. The van der Waals surface area contributed by atoms with Gasteiger partial charge in [-0.1, -0.05) is 39.2 Å². The Balaban J connectivity index is 0. The third kappa shape index (κ3) is 5.54. The lowest BCUT2D eigenvalue weighted by Crippen LogP contribution is -2.10. The molecule has 0 atom stereocenters. The minimum absolute atomic E-state index is 0.426. The minimum atomic E-state index is -1.38. The van der Waals surface area contributed by atoms with Crippen molar-refractivity contribution in [3.8, 4) is 0 Å². The van der Waals surface area contributed by atoms with Crippen molar-refractivity contribution in [3.63, 3.8) is 0 Å². The highest BCUT2D eigenvalue weighted by Crippen LogP contribution is 2.11. The van der Waals surface area contributed by atoms with Crippen molar-refractivity contribution in [2.75, 3.05) is 0 Å². The Morgan fingerprint density at radius 3 is 1.94 bits per heavy atom. The fourth-order valence-corrected chi connectivity index (χ4v) is 0.745. The van der Waals surface area contributed by atoms with E-state index in [1.54, 1.807) is 0 Å². The largest absolute Gasteiger partial charge is 0.477 e. The molecule has 0 aliphatic heterocycles. The molecule has 0 heterocycles. The van der Waals surface area contributed by atoms with E-state index in [0.29, 0.717) is 0 Å². The molecule has 0 unspecified atom stereocenters. The zero-order chi connectivity index (χ0) is 13.1. The van der Waals surface area contributed by atoms with E-state index < -0.39 is 22.2 Å². The highest BCUT2D eigenvalue weighted by atomic mass is 16.6. The molecule has 0 amide bonds. The zero-order valence-electron chi connectivity index (χ0n) is 9.34. The molecule has 0 aromatic heterocycles. The Kier molecular flexibility index (Phi) is 9.54. The van der Waals surface area contributed by atoms with E-state index in [4.69, 9.17) is 5.11 Å². The van der Waals surface area contributed by atoms with Crippen LogP contribution in [-0.2, 0) is 4.79 Å². The number of nitro groups is 1. The summed E-state index contributed by atoms with van der Waals surface area (Å²) >= 11 is 0. The van der Waals surface area contributed by atoms with Gasteiger partial charge in [0.15, 0.2) is 0 Å². The smallest absolute Gasteiger partial charge is 0.342 e. The van der Waals surface area contributed by atoms with Gasteiger partial charge in [-0.15, -0.1) is 0 Å². The lowest BCUT2D eigenvalue weighted by molar-refractivity contribution is -0.420. The molecule has 0 rings (SSSR count). The van der Waals surface area contributed by atoms with Gasteiger partial charge in [0.05, 0.1) is 4.92 Å². The van der Waals surface area contributed by atoms with E-state index in [0.717, 1.165) is 18.2 Å². The van der Waals surface area contributed by atoms with E-state index in [1.165, 1.54) is 6.08 Å². The molecule has 0 aromatic rings. The van der Waals surface area contributed by atoms with Gasteiger partial charge in [0.1, 0.15) is 5.57 Å². The number of hydrogen-bond acceptors (Lipinski definition) is 3. The molecule has 5 nitrogen and oxygen atoms in total. The van der Waals surface area contributed by atoms with E-state index in [2.05, 4.69) is 13.2 Å². The maximum atomic E-state index is 10.6. The van der Waals surface area contributed by atoms with Gasteiger partial charge >= 0.3 is 5.97 Å². The maximum Gasteiger partial charge on any atom is 0.342 e. The van der Waals surface area contributed by atoms with Crippen LogP contribution in [0.5, 0.6) is 0 Å². The zero-order valence-corrected chi connectivity index (χ0v) is 9.34. The summed E-state index contributed by atoms with van der Waals surface area (Å²) in [6.07, 6.45) is 4.39. The van der Waals surface area contributed by atoms with Crippen LogP contribution in [0.25, 0.3) is 0 Å². The molecular formula is C11H15NO4. The fraction of sp³-hybridized carbons (Fsp3) is 0.182. The second-order valence-corrected chi connectivity index (χ2v) is 2.17. The molecule has 5 heteroatoms. The average molecular weight is 225 g/mol. The van der Waals surface area contributed by atoms with Gasteiger partial charge in [-0.25, -0.2) is 4.79 Å². The first-order chi connectivity index (χ1) is 7.54. The number of hydrogen-bond donors (Lipinski definition) is 1. The normalized spacial score (nSPS) is 10.9. The van der Waals surface area contributed by atoms with Crippen molar-refractivity contribution in [1.82, 2.24) is 0 Å². The maximum absolute atomic E-state index is 10.6. The van der Waals surface area contributed by atoms with E-state index in [9.17, 15) is 14.9 Å². The second kappa shape index (κ2) is 9.39. The van der Waals surface area contributed by atoms with Gasteiger partial charge in [0.2, 0.25) is 0 Å². The number of carboxylic acid groups (broad SMARTS) is 1. The number of allylic oxidation sites excluding steroid dienone is 4. The summed E-state index contributed by atoms with van der Waals surface area (Å²) < 4.78 is 0. The molecule has 88 valence electrons. The van der Waals surface area contributed by atoms with Crippen molar-refractivity contribution >= 4 is 5.97 Å². The lowest BCUT2D eigenvalue weighted by Gasteiger charge is -1.97. The third-order valence-electron chi connectivity index (χ3n) is 1.26. The predicted molar refractivity (Wildman–Crippen MR) is 62.5 cm³/mol. The van der Waals surface area contributed by atoms with Gasteiger partial charge in [-0.3, -0.25) is 10.1 Å². The summed E-state index contributed by atoms with van der Waals surface area (Å²) in [6.45, 7) is 10.5. The fourth-order valence-electron chi connectivity index (χ4n) is 0.745. The van der Waals surface area contributed by atoms with Crippen LogP contribution in [0.2, 0.25) is 0 Å². The predicted octanol–water partition coefficient (Wildman–Crippen LogP) is 2.56. The molecule has 0 spiro atoms. The van der Waals surface area contributed by atoms with Gasteiger partial charge < -0.3 is 5.11 Å². The van der Waals surface area contributed by atoms with Crippen LogP contribution in [-0.4, -0.2) is 16.0 Å². The van der Waals surface area contributed by atoms with Gasteiger partial charge in [-0.2, -0.15) is 0 Å². The van der Waals surface area contributed by atoms with E-state index >= 15 is 0 Å². The average Bonchev–Trinajstić information content (AvgIpc) is 2.25. The number of nitrogens with zero attached hydrogens (tertiary/aromatic N) is 1. The highest BCUT2D eigenvalue weighted by molar-refractivity contribution is 5.91. The van der Waals surface area contributed by atoms with Crippen LogP contribution in [0, 0.1) is 10.1 Å². The first-order valence-electron chi connectivity index (χ1n) is 4.58. The Morgan fingerprint density at radius 2 is 1.69 bits per heavy atom. The Hall–Kier alpha value is -2.17. The van der Waals surface area contributed by atoms with Crippen molar-refractivity contribution in [1.29, 1.82) is 0 Å². The van der Waals surface area contributed by atoms with Crippen LogP contribution in [0.3, 0.4) is 0 Å². The molecule has 0 aromatic carbocycles. The van der Waals surface area contributed by atoms with Gasteiger partial charge in [0.25, 0.3) is 5.70 Å². The summed E-state index contributed by atoms with van der Waals surface area (Å²) in [4.78, 5) is 20.3. The Morgan fingerprint density at radius 1 is 1.25 bits per heavy atom. The summed E-state index contributed by atoms with van der Waals surface area (Å²) in [7, 11) is 0. The number of carboxylic acids is 1. The Bertz CT molecular complexity index is 306. The molecule has 0 aliphatic carbocycles. The molecule has 0 bridgehead atoms. The molecule has 0 fully saturated rings. The molecular weight excluding hydrogens is 210 g/mol. The monoisotopic (exact) mass is 225 g/mol. The number of aliphatic carboxylic acids is 1. The van der Waals surface area contributed by atoms with Crippen molar-refractivity contribution in [2.45, 2.75) is 13.8 Å². The van der Waals surface area contributed by atoms with E-state index in [-0.39, 0.29) is 0 Å². The van der Waals surface area contributed by atoms with Crippen molar-refractivity contribution in [2.24, 2.45) is 0 Å². The summed E-state index contributed by atoms with van der Waals surface area (Å²) in [5, 5.41) is 19.1. The van der Waals surface area contributed by atoms with E-state index in [1.807, 2.05) is 13.8 Å². The van der Waals surface area contributed by atoms with Crippen molar-refractivity contribution < 1.29 is 14.8 Å². The van der Waals surface area contributed by atoms with Crippen LogP contribution in [0.4, 0.5) is 0 Å². The standard InChI is InChI=1S/C9H9NO4.C2H6/c1-3-5-7(9(11)12)8(6-4-2)10(13)14;1-2/h3-6H,1-2H2,(H,11,12);1-2H3/b7-5+,8-6+;.